The van der Waals surface area contributed by atoms with E-state index < -0.39 is 17.8 Å². The number of nitrogens with zero attached hydrogens (tertiary/aromatic N) is 2. The summed E-state index contributed by atoms with van der Waals surface area (Å²) in [5.41, 5.74) is 2.83. The number of carbonyl (C=O) groups is 2. The molecule has 1 heterocycles. The molecule has 0 aliphatic rings. The van der Waals surface area contributed by atoms with E-state index in [0.717, 1.165) is 16.7 Å². The van der Waals surface area contributed by atoms with Crippen LogP contribution in [0.15, 0.2) is 36.7 Å². The summed E-state index contributed by atoms with van der Waals surface area (Å²) in [6.45, 7) is 1.65. The molecule has 6 nitrogen and oxygen atoms in total. The Morgan fingerprint density at radius 2 is 2.10 bits per heavy atom. The maximum Gasteiger partial charge on any atom is 0.315 e. The van der Waals surface area contributed by atoms with E-state index >= 15 is 0 Å². The maximum absolute atomic E-state index is 11.7. The van der Waals surface area contributed by atoms with Gasteiger partial charge in [-0.1, -0.05) is 24.3 Å². The van der Waals surface area contributed by atoms with Crippen molar-refractivity contribution in [3.63, 3.8) is 0 Å². The molecule has 0 aliphatic heterocycles. The van der Waals surface area contributed by atoms with Crippen molar-refractivity contribution in [2.45, 2.75) is 13.5 Å². The summed E-state index contributed by atoms with van der Waals surface area (Å²) in [7, 11) is 1.84. The lowest BCUT2D eigenvalue weighted by Gasteiger charge is -2.11. The SMILES string of the molecule is CC(C(=O)O)C(=O)NCc1ccccc1-c1cnn(C)c1. The van der Waals surface area contributed by atoms with Gasteiger partial charge in [0.2, 0.25) is 5.91 Å². The first-order valence-electron chi connectivity index (χ1n) is 6.56. The number of amides is 1. The van der Waals surface area contributed by atoms with Crippen molar-refractivity contribution in [1.29, 1.82) is 0 Å². The number of aromatic nitrogens is 2. The molecule has 21 heavy (non-hydrogen) atoms. The number of carboxylic acids is 1. The molecule has 1 amide bonds. The second-order valence-corrected chi connectivity index (χ2v) is 4.84. The van der Waals surface area contributed by atoms with Crippen molar-refractivity contribution in [1.82, 2.24) is 15.1 Å². The number of benzene rings is 1. The predicted octanol–water partition coefficient (Wildman–Crippen LogP) is 1.42. The van der Waals surface area contributed by atoms with Gasteiger partial charge in [0.25, 0.3) is 0 Å². The summed E-state index contributed by atoms with van der Waals surface area (Å²) in [6, 6.07) is 7.63. The Labute approximate surface area is 122 Å². The number of nitrogens with one attached hydrogen (secondary N) is 1. The summed E-state index contributed by atoms with van der Waals surface area (Å²) < 4.78 is 1.71. The molecule has 110 valence electrons. The minimum atomic E-state index is -1.13. The lowest BCUT2D eigenvalue weighted by atomic mass is 10.0. The van der Waals surface area contributed by atoms with E-state index in [4.69, 9.17) is 5.11 Å². The molecule has 0 bridgehead atoms. The Morgan fingerprint density at radius 1 is 1.38 bits per heavy atom. The van der Waals surface area contributed by atoms with Gasteiger partial charge in [0.05, 0.1) is 6.20 Å². The van der Waals surface area contributed by atoms with Crippen LogP contribution in [0.3, 0.4) is 0 Å². The Hall–Kier alpha value is -2.63. The molecule has 6 heteroatoms. The fourth-order valence-electron chi connectivity index (χ4n) is 1.96. The predicted molar refractivity (Wildman–Crippen MR) is 77.3 cm³/mol. The van der Waals surface area contributed by atoms with Gasteiger partial charge in [-0.25, -0.2) is 0 Å². The zero-order valence-electron chi connectivity index (χ0n) is 11.9. The molecule has 0 spiro atoms. The average molecular weight is 287 g/mol. The molecular weight excluding hydrogens is 270 g/mol. The number of aliphatic carboxylic acids is 1. The molecule has 1 unspecified atom stereocenters. The molecule has 2 N–H and O–H groups in total. The lowest BCUT2D eigenvalue weighted by molar-refractivity contribution is -0.146. The van der Waals surface area contributed by atoms with Crippen molar-refractivity contribution in [3.8, 4) is 11.1 Å². The van der Waals surface area contributed by atoms with Crippen LogP contribution in [0.4, 0.5) is 0 Å². The third-order valence-electron chi connectivity index (χ3n) is 3.25. The average Bonchev–Trinajstić information content (AvgIpc) is 2.90. The van der Waals surface area contributed by atoms with Gasteiger partial charge in [-0.15, -0.1) is 0 Å². The molecule has 2 aromatic rings. The summed E-state index contributed by atoms with van der Waals surface area (Å²) >= 11 is 0. The topological polar surface area (TPSA) is 84.2 Å². The number of carbonyl (C=O) groups excluding carboxylic acids is 1. The van der Waals surface area contributed by atoms with Crippen LogP contribution in [0.1, 0.15) is 12.5 Å². The van der Waals surface area contributed by atoms with Crippen LogP contribution < -0.4 is 5.32 Å². The number of carboxylic acid groups (broad SMARTS) is 1. The van der Waals surface area contributed by atoms with E-state index in [1.807, 2.05) is 37.5 Å². The zero-order valence-corrected chi connectivity index (χ0v) is 11.9. The van der Waals surface area contributed by atoms with Crippen molar-refractivity contribution in [2.24, 2.45) is 13.0 Å². The van der Waals surface area contributed by atoms with Gasteiger partial charge in [0.15, 0.2) is 0 Å². The highest BCUT2D eigenvalue weighted by Gasteiger charge is 2.20. The number of hydrogen-bond acceptors (Lipinski definition) is 3. The van der Waals surface area contributed by atoms with Gasteiger partial charge >= 0.3 is 5.97 Å². The van der Waals surface area contributed by atoms with Gasteiger partial charge in [-0.05, 0) is 18.1 Å². The number of hydrogen-bond donors (Lipinski definition) is 2. The first-order valence-corrected chi connectivity index (χ1v) is 6.56. The molecule has 1 aromatic carbocycles. The van der Waals surface area contributed by atoms with E-state index in [1.165, 1.54) is 6.92 Å². The van der Waals surface area contributed by atoms with Crippen LogP contribution in [-0.2, 0) is 23.2 Å². The zero-order chi connectivity index (χ0) is 15.4. The molecule has 1 aromatic heterocycles. The summed E-state index contributed by atoms with van der Waals surface area (Å²) in [5.74, 6) is -2.69. The van der Waals surface area contributed by atoms with E-state index in [9.17, 15) is 9.59 Å². The Bertz CT molecular complexity index is 664. The van der Waals surface area contributed by atoms with Crippen molar-refractivity contribution in [3.05, 3.63) is 42.2 Å². The minimum Gasteiger partial charge on any atom is -0.481 e. The molecular formula is C15H17N3O3. The first-order chi connectivity index (χ1) is 9.99. The smallest absolute Gasteiger partial charge is 0.315 e. The van der Waals surface area contributed by atoms with Crippen LogP contribution in [-0.4, -0.2) is 26.8 Å². The van der Waals surface area contributed by atoms with Crippen molar-refractivity contribution >= 4 is 11.9 Å². The van der Waals surface area contributed by atoms with E-state index in [1.54, 1.807) is 10.9 Å². The van der Waals surface area contributed by atoms with Crippen LogP contribution >= 0.6 is 0 Å². The lowest BCUT2D eigenvalue weighted by Crippen LogP contribution is -2.33. The molecule has 0 fully saturated rings. The minimum absolute atomic E-state index is 0.279. The molecule has 0 saturated heterocycles. The Kier molecular flexibility index (Phi) is 4.37. The fraction of sp³-hybridized carbons (Fsp3) is 0.267. The van der Waals surface area contributed by atoms with Gasteiger partial charge in [0.1, 0.15) is 5.92 Å². The van der Waals surface area contributed by atoms with Gasteiger partial charge in [0, 0.05) is 25.4 Å². The fourth-order valence-corrected chi connectivity index (χ4v) is 1.96. The quantitative estimate of drug-likeness (QED) is 0.815. The van der Waals surface area contributed by atoms with Crippen LogP contribution in [0.5, 0.6) is 0 Å². The summed E-state index contributed by atoms with van der Waals surface area (Å²) in [5, 5.41) is 15.6. The highest BCUT2D eigenvalue weighted by atomic mass is 16.4. The Balaban J connectivity index is 2.14. The molecule has 0 radical (unpaired) electrons. The first kappa shape index (κ1) is 14.8. The van der Waals surface area contributed by atoms with Crippen LogP contribution in [0.2, 0.25) is 0 Å². The van der Waals surface area contributed by atoms with Crippen molar-refractivity contribution in [2.75, 3.05) is 0 Å². The number of rotatable bonds is 5. The Morgan fingerprint density at radius 3 is 2.71 bits per heavy atom. The van der Waals surface area contributed by atoms with Gasteiger partial charge < -0.3 is 10.4 Å². The monoisotopic (exact) mass is 287 g/mol. The molecule has 2 rings (SSSR count). The van der Waals surface area contributed by atoms with Gasteiger partial charge in [-0.2, -0.15) is 5.10 Å². The third kappa shape index (κ3) is 3.47. The molecule has 1 atom stereocenters. The van der Waals surface area contributed by atoms with Crippen LogP contribution in [0, 0.1) is 5.92 Å². The van der Waals surface area contributed by atoms with E-state index in [2.05, 4.69) is 10.4 Å². The summed E-state index contributed by atoms with van der Waals surface area (Å²) in [6.07, 6.45) is 3.64. The normalized spacial score (nSPS) is 11.9. The van der Waals surface area contributed by atoms with Crippen LogP contribution in [0.25, 0.3) is 11.1 Å². The highest BCUT2D eigenvalue weighted by molar-refractivity contribution is 5.96. The standard InChI is InChI=1S/C15H17N3O3/c1-10(15(20)21)14(19)16-7-11-5-3-4-6-13(11)12-8-17-18(2)9-12/h3-6,8-10H,7H2,1-2H3,(H,16,19)(H,20,21). The highest BCUT2D eigenvalue weighted by Crippen LogP contribution is 2.22. The second-order valence-electron chi connectivity index (χ2n) is 4.84. The third-order valence-corrected chi connectivity index (χ3v) is 3.25. The molecule has 0 aliphatic carbocycles. The second kappa shape index (κ2) is 6.21. The molecule has 0 saturated carbocycles. The largest absolute Gasteiger partial charge is 0.481 e. The van der Waals surface area contributed by atoms with E-state index in [-0.39, 0.29) is 6.54 Å². The summed E-state index contributed by atoms with van der Waals surface area (Å²) in [4.78, 5) is 22.5. The van der Waals surface area contributed by atoms with Crippen molar-refractivity contribution < 1.29 is 14.7 Å². The maximum atomic E-state index is 11.7. The van der Waals surface area contributed by atoms with E-state index in [0.29, 0.717) is 0 Å². The van der Waals surface area contributed by atoms with Gasteiger partial charge in [-0.3, -0.25) is 14.3 Å². The number of aryl methyl sites for hydroxylation is 1.